The highest BCUT2D eigenvalue weighted by Crippen LogP contribution is 2.24. The molecule has 1 aliphatic heterocycles. The fourth-order valence-electron chi connectivity index (χ4n) is 4.69. The number of nitrogens with two attached hydrogens (primary N) is 3. The van der Waals surface area contributed by atoms with Crippen LogP contribution in [0.1, 0.15) is 39.2 Å². The molecule has 7 N–H and O–H groups in total. The van der Waals surface area contributed by atoms with Gasteiger partial charge in [0.2, 0.25) is 17.7 Å². The average molecular weight is 507 g/mol. The van der Waals surface area contributed by atoms with Crippen LogP contribution in [-0.4, -0.2) is 52.3 Å². The minimum atomic E-state index is -0.901. The molecule has 0 spiro atoms. The number of carbonyl (C=O) groups excluding carboxylic acids is 3. The molecule has 0 radical (unpaired) electrons. The number of carbonyl (C=O) groups is 3. The van der Waals surface area contributed by atoms with Crippen LogP contribution in [0, 0.1) is 5.92 Å². The summed E-state index contributed by atoms with van der Waals surface area (Å²) in [5.41, 5.74) is 14.8. The van der Waals surface area contributed by atoms with Crippen molar-refractivity contribution in [3.05, 3.63) is 72.1 Å². The van der Waals surface area contributed by atoms with E-state index in [9.17, 15) is 14.4 Å². The first-order chi connectivity index (χ1) is 17.6. The Bertz CT molecular complexity index is 1120. The first-order valence-corrected chi connectivity index (χ1v) is 12.6. The molecule has 0 aliphatic carbocycles. The first kappa shape index (κ1) is 27.7. The maximum atomic E-state index is 13.5. The van der Waals surface area contributed by atoms with Crippen molar-refractivity contribution >= 4 is 17.7 Å². The van der Waals surface area contributed by atoms with Gasteiger partial charge in [-0.2, -0.15) is 0 Å². The molecule has 0 bridgehead atoms. The van der Waals surface area contributed by atoms with Crippen molar-refractivity contribution in [1.29, 1.82) is 0 Å². The second-order valence-electron chi connectivity index (χ2n) is 9.82. The van der Waals surface area contributed by atoms with Crippen molar-refractivity contribution in [3.63, 3.8) is 0 Å². The molecule has 1 fully saturated rings. The Morgan fingerprint density at radius 3 is 2.27 bits per heavy atom. The van der Waals surface area contributed by atoms with Gasteiger partial charge in [0.05, 0.1) is 0 Å². The van der Waals surface area contributed by atoms with Crippen molar-refractivity contribution in [2.45, 2.75) is 58.2 Å². The van der Waals surface area contributed by atoms with E-state index in [0.717, 1.165) is 16.7 Å². The molecule has 1 saturated heterocycles. The summed E-state index contributed by atoms with van der Waals surface area (Å²) in [5.74, 6) is 4.80. The molecule has 1 heterocycles. The number of primary amides is 1. The number of benzene rings is 2. The van der Waals surface area contributed by atoms with E-state index >= 15 is 0 Å². The Hall–Kier alpha value is -3.85. The van der Waals surface area contributed by atoms with Crippen LogP contribution in [-0.2, 0) is 20.8 Å². The molecule has 2 unspecified atom stereocenters. The fraction of sp³-hybridized carbons (Fsp3) is 0.393. The van der Waals surface area contributed by atoms with Crippen LogP contribution in [0.15, 0.2) is 66.5 Å². The van der Waals surface area contributed by atoms with E-state index in [-0.39, 0.29) is 18.2 Å². The summed E-state index contributed by atoms with van der Waals surface area (Å²) in [6, 6.07) is 15.5. The van der Waals surface area contributed by atoms with Crippen LogP contribution in [0.2, 0.25) is 0 Å². The molecule has 9 heteroatoms. The second-order valence-corrected chi connectivity index (χ2v) is 9.82. The zero-order valence-electron chi connectivity index (χ0n) is 21.8. The highest BCUT2D eigenvalue weighted by atomic mass is 16.2. The molecule has 3 rings (SSSR count). The summed E-state index contributed by atoms with van der Waals surface area (Å²) >= 11 is 0. The van der Waals surface area contributed by atoms with Crippen molar-refractivity contribution in [3.8, 4) is 11.1 Å². The van der Waals surface area contributed by atoms with Gasteiger partial charge in [0, 0.05) is 24.9 Å². The number of likely N-dealkylation sites (tertiary alicyclic amines) is 1. The van der Waals surface area contributed by atoms with Gasteiger partial charge in [-0.15, -0.1) is 0 Å². The van der Waals surface area contributed by atoms with Crippen LogP contribution >= 0.6 is 0 Å². The van der Waals surface area contributed by atoms with E-state index in [2.05, 4.69) is 5.32 Å². The lowest BCUT2D eigenvalue weighted by Gasteiger charge is -2.36. The molecule has 2 aromatic carbocycles. The number of hydrogen-bond acceptors (Lipinski definition) is 6. The standard InChI is InChI=1S/C28H38N6O3/c1-18(2)25(34(31)19(3)17-29)28(37)33-15-7-10-24(33)27(36)32-23(26(30)35)16-20-11-13-22(14-12-20)21-8-5-4-6-9-21/h4-6,8-9,11-14,17-18,23-25H,7,10,15-16,29,31H2,1-3H3,(H2,30,35)(H,32,36)/b19-17-/t23-,24?,25?/m1/s1. The summed E-state index contributed by atoms with van der Waals surface area (Å²) in [7, 11) is 0. The highest BCUT2D eigenvalue weighted by Gasteiger charge is 2.40. The van der Waals surface area contributed by atoms with E-state index in [4.69, 9.17) is 17.3 Å². The average Bonchev–Trinajstić information content (AvgIpc) is 3.38. The number of nitrogens with zero attached hydrogens (tertiary/aromatic N) is 2. The predicted molar refractivity (Wildman–Crippen MR) is 144 cm³/mol. The fourth-order valence-corrected chi connectivity index (χ4v) is 4.69. The third-order valence-electron chi connectivity index (χ3n) is 6.83. The number of hydrogen-bond donors (Lipinski definition) is 4. The Labute approximate surface area is 218 Å². The van der Waals surface area contributed by atoms with E-state index in [1.807, 2.05) is 68.4 Å². The van der Waals surface area contributed by atoms with Crippen molar-refractivity contribution in [2.75, 3.05) is 6.54 Å². The summed E-state index contributed by atoms with van der Waals surface area (Å²) in [4.78, 5) is 40.5. The summed E-state index contributed by atoms with van der Waals surface area (Å²) in [6.07, 6.45) is 2.77. The Morgan fingerprint density at radius 2 is 1.70 bits per heavy atom. The molecule has 0 saturated carbocycles. The van der Waals surface area contributed by atoms with Crippen LogP contribution < -0.4 is 22.6 Å². The monoisotopic (exact) mass is 506 g/mol. The van der Waals surface area contributed by atoms with Crippen molar-refractivity contribution < 1.29 is 14.4 Å². The molecule has 3 amide bonds. The van der Waals surface area contributed by atoms with Gasteiger partial charge in [0.25, 0.3) is 0 Å². The van der Waals surface area contributed by atoms with Gasteiger partial charge in [-0.1, -0.05) is 68.4 Å². The lowest BCUT2D eigenvalue weighted by Crippen LogP contribution is -2.58. The maximum absolute atomic E-state index is 13.5. The molecule has 2 aromatic rings. The maximum Gasteiger partial charge on any atom is 0.247 e. The minimum absolute atomic E-state index is 0.117. The smallest absolute Gasteiger partial charge is 0.247 e. The van der Waals surface area contributed by atoms with Gasteiger partial charge in [-0.05, 0) is 42.4 Å². The zero-order valence-corrected chi connectivity index (χ0v) is 21.8. The second kappa shape index (κ2) is 12.4. The third-order valence-corrected chi connectivity index (χ3v) is 6.83. The molecular weight excluding hydrogens is 468 g/mol. The lowest BCUT2D eigenvalue weighted by atomic mass is 9.99. The topological polar surface area (TPSA) is 148 Å². The van der Waals surface area contributed by atoms with Gasteiger partial charge >= 0.3 is 0 Å². The number of amides is 3. The van der Waals surface area contributed by atoms with Crippen LogP contribution in [0.5, 0.6) is 0 Å². The number of allylic oxidation sites excluding steroid dienone is 1. The molecule has 1 aliphatic rings. The highest BCUT2D eigenvalue weighted by molar-refractivity contribution is 5.93. The largest absolute Gasteiger partial charge is 0.403 e. The molecule has 37 heavy (non-hydrogen) atoms. The molecular formula is C28H38N6O3. The Balaban J connectivity index is 1.71. The van der Waals surface area contributed by atoms with Gasteiger partial charge in [-0.3, -0.25) is 14.4 Å². The van der Waals surface area contributed by atoms with Crippen molar-refractivity contribution in [1.82, 2.24) is 15.2 Å². The number of nitrogens with one attached hydrogen (secondary N) is 1. The van der Waals surface area contributed by atoms with E-state index in [1.165, 1.54) is 11.2 Å². The van der Waals surface area contributed by atoms with E-state index < -0.39 is 29.9 Å². The molecule has 3 atom stereocenters. The SMILES string of the molecule is C/C(=C/N)N(N)C(C(=O)N1CCCC1C(=O)N[C@H](Cc1ccc(-c2ccccc2)cc1)C(N)=O)C(C)C. The summed E-state index contributed by atoms with van der Waals surface area (Å²) in [6.45, 7) is 5.94. The zero-order chi connectivity index (χ0) is 27.1. The quantitative estimate of drug-likeness (QED) is 0.286. The van der Waals surface area contributed by atoms with E-state index in [1.54, 1.807) is 11.8 Å². The molecule has 9 nitrogen and oxygen atoms in total. The lowest BCUT2D eigenvalue weighted by molar-refractivity contribution is -0.144. The van der Waals surface area contributed by atoms with Crippen LogP contribution in [0.4, 0.5) is 0 Å². The van der Waals surface area contributed by atoms with Gasteiger partial charge in [0.15, 0.2) is 0 Å². The van der Waals surface area contributed by atoms with Gasteiger partial charge in [-0.25, -0.2) is 5.84 Å². The van der Waals surface area contributed by atoms with Crippen molar-refractivity contribution in [2.24, 2.45) is 23.2 Å². The summed E-state index contributed by atoms with van der Waals surface area (Å²) in [5, 5.41) is 4.14. The van der Waals surface area contributed by atoms with Crippen LogP contribution in [0.3, 0.4) is 0 Å². The van der Waals surface area contributed by atoms with Gasteiger partial charge < -0.3 is 26.7 Å². The third kappa shape index (κ3) is 6.68. The Kier molecular flexibility index (Phi) is 9.30. The number of hydrazine groups is 1. The number of rotatable bonds is 10. The predicted octanol–water partition coefficient (Wildman–Crippen LogP) is 1.88. The van der Waals surface area contributed by atoms with Crippen LogP contribution in [0.25, 0.3) is 11.1 Å². The Morgan fingerprint density at radius 1 is 1.08 bits per heavy atom. The molecule has 0 aromatic heterocycles. The minimum Gasteiger partial charge on any atom is -0.403 e. The van der Waals surface area contributed by atoms with E-state index in [0.29, 0.717) is 25.1 Å². The molecule has 198 valence electrons. The normalized spacial score (nSPS) is 17.4. The summed E-state index contributed by atoms with van der Waals surface area (Å²) < 4.78 is 0. The first-order valence-electron chi connectivity index (χ1n) is 12.6. The van der Waals surface area contributed by atoms with Gasteiger partial charge in [0.1, 0.15) is 18.1 Å².